The number of aromatic nitrogens is 4. The lowest BCUT2D eigenvalue weighted by molar-refractivity contribution is 0.507. The number of hydrogen-bond donors (Lipinski definition) is 0. The Morgan fingerprint density at radius 2 is 1.31 bits per heavy atom. The van der Waals surface area contributed by atoms with Gasteiger partial charge in [0.15, 0.2) is 17.5 Å². The van der Waals surface area contributed by atoms with E-state index in [4.69, 9.17) is 15.0 Å². The summed E-state index contributed by atoms with van der Waals surface area (Å²) in [4.78, 5) is 17.9. The van der Waals surface area contributed by atoms with Crippen LogP contribution in [-0.2, 0) is 5.41 Å². The zero-order chi connectivity index (χ0) is 36.4. The first-order valence-corrected chi connectivity index (χ1v) is 18.5. The summed E-state index contributed by atoms with van der Waals surface area (Å²) < 4.78 is 2.42. The Morgan fingerprint density at radius 1 is 0.685 bits per heavy atom. The summed E-state index contributed by atoms with van der Waals surface area (Å²) in [5.41, 5.74) is 9.63. The molecule has 0 N–H and O–H groups in total. The maximum Gasteiger partial charge on any atom is 0.164 e. The minimum atomic E-state index is -0.636. The molecule has 6 heteroatoms. The van der Waals surface area contributed by atoms with Gasteiger partial charge in [-0.3, -0.25) is 0 Å². The van der Waals surface area contributed by atoms with E-state index in [1.165, 1.54) is 16.9 Å². The van der Waals surface area contributed by atoms with Gasteiger partial charge in [-0.25, -0.2) is 15.0 Å². The standard InChI is InChI=1S/C48H36N6/c1-47(31-49)29-15-22-35(30-47)54-40-26-14-23-37(46-51-44(32-16-6-3-7-17-32)50-45(52-46)33-18-8-4-9-19-33)42(40)36-27-28-41-48(2,43(36)54)38-24-12-13-25-39(38)53(41)34-20-10-5-11-21-34/h3-28,30,41H,29H2,1-2H3. The number of allylic oxidation sites excluding steroid dienone is 4. The van der Waals surface area contributed by atoms with Crippen molar-refractivity contribution in [3.63, 3.8) is 0 Å². The van der Waals surface area contributed by atoms with E-state index in [2.05, 4.69) is 126 Å². The Bertz CT molecular complexity index is 2680. The highest BCUT2D eigenvalue weighted by molar-refractivity contribution is 6.05. The fourth-order valence-electron chi connectivity index (χ4n) is 8.81. The lowest BCUT2D eigenvalue weighted by Crippen LogP contribution is -2.43. The summed E-state index contributed by atoms with van der Waals surface area (Å²) in [7, 11) is 0. The minimum absolute atomic E-state index is 0.00150. The number of hydrogen-bond acceptors (Lipinski definition) is 5. The molecule has 0 fully saturated rings. The van der Waals surface area contributed by atoms with Crippen LogP contribution in [-0.4, -0.2) is 25.6 Å². The number of rotatable bonds is 5. The van der Waals surface area contributed by atoms with Crippen LogP contribution in [0.4, 0.5) is 11.4 Å². The summed E-state index contributed by atoms with van der Waals surface area (Å²) in [6.07, 6.45) is 11.8. The maximum absolute atomic E-state index is 10.4. The molecule has 0 amide bonds. The number of nitriles is 1. The lowest BCUT2D eigenvalue weighted by atomic mass is 9.71. The first kappa shape index (κ1) is 31.9. The molecule has 258 valence electrons. The Balaban J connectivity index is 1.29. The van der Waals surface area contributed by atoms with E-state index >= 15 is 0 Å². The van der Waals surface area contributed by atoms with Crippen LogP contribution in [0.15, 0.2) is 158 Å². The van der Waals surface area contributed by atoms with Gasteiger partial charge in [0.25, 0.3) is 0 Å². The van der Waals surface area contributed by atoms with E-state index in [9.17, 15) is 5.26 Å². The lowest BCUT2D eigenvalue weighted by Gasteiger charge is -2.39. The van der Waals surface area contributed by atoms with Gasteiger partial charge in [-0.15, -0.1) is 0 Å². The molecule has 5 aromatic carbocycles. The minimum Gasteiger partial charge on any atom is -0.333 e. The average molecular weight is 697 g/mol. The summed E-state index contributed by atoms with van der Waals surface area (Å²) in [5.74, 6) is 1.86. The third-order valence-corrected chi connectivity index (χ3v) is 11.3. The van der Waals surface area contributed by atoms with Crippen LogP contribution in [0.5, 0.6) is 0 Å². The number of anilines is 2. The van der Waals surface area contributed by atoms with Crippen molar-refractivity contribution in [2.45, 2.75) is 31.7 Å². The third kappa shape index (κ3) is 4.75. The van der Waals surface area contributed by atoms with E-state index in [1.54, 1.807) is 0 Å². The quantitative estimate of drug-likeness (QED) is 0.179. The molecule has 3 unspecified atom stereocenters. The van der Waals surface area contributed by atoms with Crippen LogP contribution >= 0.6 is 0 Å². The van der Waals surface area contributed by atoms with E-state index in [1.807, 2.05) is 67.6 Å². The molecule has 0 bridgehead atoms. The van der Waals surface area contributed by atoms with Crippen LogP contribution < -0.4 is 4.90 Å². The zero-order valence-electron chi connectivity index (χ0n) is 30.1. The van der Waals surface area contributed by atoms with E-state index in [0.717, 1.165) is 44.5 Å². The topological polar surface area (TPSA) is 70.6 Å². The Morgan fingerprint density at radius 3 is 2.00 bits per heavy atom. The van der Waals surface area contributed by atoms with Crippen molar-refractivity contribution in [1.29, 1.82) is 5.26 Å². The van der Waals surface area contributed by atoms with Crippen LogP contribution in [0.2, 0.25) is 0 Å². The molecule has 3 aliphatic rings. The van der Waals surface area contributed by atoms with Crippen LogP contribution in [0.1, 0.15) is 37.1 Å². The van der Waals surface area contributed by atoms with Crippen molar-refractivity contribution in [2.75, 3.05) is 4.90 Å². The van der Waals surface area contributed by atoms with Crippen LogP contribution in [0.25, 0.3) is 56.8 Å². The molecule has 10 rings (SSSR count). The number of fused-ring (bicyclic) bond motifs is 7. The van der Waals surface area contributed by atoms with Crippen LogP contribution in [0, 0.1) is 16.7 Å². The molecule has 1 aliphatic heterocycles. The highest BCUT2D eigenvalue weighted by atomic mass is 15.2. The number of nitrogens with zero attached hydrogens (tertiary/aromatic N) is 6. The third-order valence-electron chi connectivity index (χ3n) is 11.3. The van der Waals surface area contributed by atoms with Gasteiger partial charge in [0.05, 0.1) is 28.5 Å². The SMILES string of the molecule is CC1(C#N)C=C(n2c3c(c4c(-c5nc(-c6ccccc6)nc(-c6ccccc6)n5)cccc42)C=CC2N(c4ccccc4)c4ccccc4C32C)C=CC1. The number of para-hydroxylation sites is 2. The Hall–Kier alpha value is -6.84. The highest BCUT2D eigenvalue weighted by Crippen LogP contribution is 2.58. The van der Waals surface area contributed by atoms with E-state index in [0.29, 0.717) is 23.9 Å². The molecule has 3 heterocycles. The normalized spacial score (nSPS) is 20.9. The van der Waals surface area contributed by atoms with Crippen molar-refractivity contribution in [3.05, 3.63) is 175 Å². The second-order valence-electron chi connectivity index (χ2n) is 14.8. The second kappa shape index (κ2) is 12.1. The fraction of sp³-hybridized carbons (Fsp3) is 0.125. The van der Waals surface area contributed by atoms with Gasteiger partial charge < -0.3 is 9.47 Å². The van der Waals surface area contributed by atoms with Crippen LogP contribution in [0.3, 0.4) is 0 Å². The van der Waals surface area contributed by atoms with Crippen molar-refractivity contribution < 1.29 is 0 Å². The van der Waals surface area contributed by atoms with Gasteiger partial charge >= 0.3 is 0 Å². The van der Waals surface area contributed by atoms with Crippen molar-refractivity contribution >= 4 is 34.1 Å². The van der Waals surface area contributed by atoms with Gasteiger partial charge in [-0.1, -0.05) is 127 Å². The van der Waals surface area contributed by atoms with Gasteiger partial charge in [0, 0.05) is 50.4 Å². The monoisotopic (exact) mass is 696 g/mol. The molecular weight excluding hydrogens is 661 g/mol. The highest BCUT2D eigenvalue weighted by Gasteiger charge is 2.53. The molecule has 0 radical (unpaired) electrons. The summed E-state index contributed by atoms with van der Waals surface area (Å²) >= 11 is 0. The van der Waals surface area contributed by atoms with E-state index in [-0.39, 0.29) is 6.04 Å². The predicted octanol–water partition coefficient (Wildman–Crippen LogP) is 11.0. The van der Waals surface area contributed by atoms with Gasteiger partial charge in [0.1, 0.15) is 0 Å². The second-order valence-corrected chi connectivity index (χ2v) is 14.8. The first-order valence-electron chi connectivity index (χ1n) is 18.5. The molecule has 6 nitrogen and oxygen atoms in total. The smallest absolute Gasteiger partial charge is 0.164 e. The summed E-state index contributed by atoms with van der Waals surface area (Å²) in [6, 6.07) is 48.7. The molecular formula is C48H36N6. The van der Waals surface area contributed by atoms with Crippen molar-refractivity contribution in [3.8, 4) is 40.2 Å². The maximum atomic E-state index is 10.4. The van der Waals surface area contributed by atoms with Gasteiger partial charge in [-0.05, 0) is 62.2 Å². The molecule has 7 aromatic rings. The average Bonchev–Trinajstić information content (AvgIpc) is 3.72. The molecule has 0 saturated carbocycles. The van der Waals surface area contributed by atoms with Gasteiger partial charge in [0.2, 0.25) is 0 Å². The molecule has 0 spiro atoms. The van der Waals surface area contributed by atoms with Crippen molar-refractivity contribution in [1.82, 2.24) is 19.5 Å². The Kier molecular flexibility index (Phi) is 7.15. The first-order chi connectivity index (χ1) is 26.5. The Labute approximate surface area is 314 Å². The molecule has 3 atom stereocenters. The van der Waals surface area contributed by atoms with Crippen molar-refractivity contribution in [2.24, 2.45) is 5.41 Å². The molecule has 54 heavy (non-hydrogen) atoms. The van der Waals surface area contributed by atoms with Gasteiger partial charge in [-0.2, -0.15) is 5.26 Å². The zero-order valence-corrected chi connectivity index (χ0v) is 30.1. The predicted molar refractivity (Wildman–Crippen MR) is 218 cm³/mol. The molecule has 2 aliphatic carbocycles. The van der Waals surface area contributed by atoms with E-state index < -0.39 is 10.8 Å². The summed E-state index contributed by atoms with van der Waals surface area (Å²) in [5, 5.41) is 11.4. The molecule has 0 saturated heterocycles. The molecule has 2 aromatic heterocycles. The number of benzene rings is 5. The fourth-order valence-corrected chi connectivity index (χ4v) is 8.81. The summed E-state index contributed by atoms with van der Waals surface area (Å²) in [6.45, 7) is 4.41. The largest absolute Gasteiger partial charge is 0.333 e.